The van der Waals surface area contributed by atoms with Gasteiger partial charge < -0.3 is 24.2 Å². The molecule has 0 N–H and O–H groups in total. The Balaban J connectivity index is 1.49. The smallest absolute Gasteiger partial charge is 0.336 e. The van der Waals surface area contributed by atoms with Crippen molar-refractivity contribution in [3.8, 4) is 5.75 Å². The summed E-state index contributed by atoms with van der Waals surface area (Å²) in [6, 6.07) is 15.8. The second-order valence-electron chi connectivity index (χ2n) is 9.64. The van der Waals surface area contributed by atoms with Gasteiger partial charge in [0.05, 0.1) is 24.5 Å². The number of piperazine rings is 1. The molecule has 8 heteroatoms. The zero-order chi connectivity index (χ0) is 27.2. The third kappa shape index (κ3) is 5.85. The summed E-state index contributed by atoms with van der Waals surface area (Å²) >= 11 is 0. The quantitative estimate of drug-likeness (QED) is 0.493. The number of anilines is 1. The molecule has 2 aromatic rings. The zero-order valence-electron chi connectivity index (χ0n) is 22.7. The number of hydrogen-bond donors (Lipinski definition) is 0. The first kappa shape index (κ1) is 27.2. The Kier molecular flexibility index (Phi) is 8.71. The maximum atomic E-state index is 13.3. The molecule has 8 nitrogen and oxygen atoms in total. The molecular weight excluding hydrogens is 482 g/mol. The molecule has 0 aromatic heterocycles. The van der Waals surface area contributed by atoms with Crippen molar-refractivity contribution in [2.24, 2.45) is 0 Å². The molecule has 2 aliphatic heterocycles. The van der Waals surface area contributed by atoms with Crippen LogP contribution in [0.25, 0.3) is 0 Å². The summed E-state index contributed by atoms with van der Waals surface area (Å²) in [7, 11) is 0. The first-order valence-corrected chi connectivity index (χ1v) is 13.3. The van der Waals surface area contributed by atoms with Crippen molar-refractivity contribution in [2.45, 2.75) is 40.0 Å². The lowest BCUT2D eigenvalue weighted by Crippen LogP contribution is -2.52. The lowest BCUT2D eigenvalue weighted by atomic mass is 9.83. The van der Waals surface area contributed by atoms with Crippen molar-refractivity contribution < 1.29 is 23.9 Å². The van der Waals surface area contributed by atoms with E-state index < -0.39 is 11.9 Å². The van der Waals surface area contributed by atoms with Crippen LogP contribution in [0.1, 0.15) is 44.2 Å². The fourth-order valence-corrected chi connectivity index (χ4v) is 5.28. The summed E-state index contributed by atoms with van der Waals surface area (Å²) in [6.45, 7) is 10.6. The van der Waals surface area contributed by atoms with Crippen LogP contribution in [-0.2, 0) is 19.1 Å². The molecule has 0 spiro atoms. The van der Waals surface area contributed by atoms with Gasteiger partial charge in [-0.3, -0.25) is 9.59 Å². The standard InChI is InChI=1S/C30H37N3O5/c1-5-37-26-13-8-7-12-25(26)31-14-16-32(17-15-31)28(35)20-33-22(4)29(30(36)38-6-2)24(19-27(33)34)23-11-9-10-21(3)18-23/h7-13,18,24H,5-6,14-17,19-20H2,1-4H3. The van der Waals surface area contributed by atoms with Crippen LogP contribution in [0, 0.1) is 6.92 Å². The summed E-state index contributed by atoms with van der Waals surface area (Å²) in [4.78, 5) is 45.1. The van der Waals surface area contributed by atoms with Gasteiger partial charge in [0.2, 0.25) is 11.8 Å². The number of benzene rings is 2. The maximum absolute atomic E-state index is 13.3. The highest BCUT2D eigenvalue weighted by Crippen LogP contribution is 2.37. The summed E-state index contributed by atoms with van der Waals surface area (Å²) in [6.07, 6.45) is 0.115. The van der Waals surface area contributed by atoms with Gasteiger partial charge in [-0.05, 0) is 45.4 Å². The topological polar surface area (TPSA) is 79.4 Å². The van der Waals surface area contributed by atoms with Gasteiger partial charge in [-0.15, -0.1) is 0 Å². The minimum absolute atomic E-state index is 0.0936. The zero-order valence-corrected chi connectivity index (χ0v) is 22.7. The molecule has 2 amide bonds. The van der Waals surface area contributed by atoms with E-state index in [1.165, 1.54) is 4.90 Å². The van der Waals surface area contributed by atoms with Crippen molar-refractivity contribution in [2.75, 3.05) is 50.8 Å². The van der Waals surface area contributed by atoms with Crippen molar-refractivity contribution in [3.05, 3.63) is 70.9 Å². The van der Waals surface area contributed by atoms with Gasteiger partial charge in [0.1, 0.15) is 12.3 Å². The van der Waals surface area contributed by atoms with Gasteiger partial charge >= 0.3 is 5.97 Å². The van der Waals surface area contributed by atoms with Crippen LogP contribution >= 0.6 is 0 Å². The number of esters is 1. The predicted molar refractivity (Wildman–Crippen MR) is 146 cm³/mol. The summed E-state index contributed by atoms with van der Waals surface area (Å²) in [5.41, 5.74) is 3.91. The highest BCUT2D eigenvalue weighted by molar-refractivity contribution is 5.97. The van der Waals surface area contributed by atoms with E-state index in [1.54, 1.807) is 18.7 Å². The molecule has 1 fully saturated rings. The fourth-order valence-electron chi connectivity index (χ4n) is 5.28. The molecule has 4 rings (SSSR count). The van der Waals surface area contributed by atoms with E-state index in [2.05, 4.69) is 4.90 Å². The number of hydrogen-bond acceptors (Lipinski definition) is 6. The predicted octanol–water partition coefficient (Wildman–Crippen LogP) is 3.90. The van der Waals surface area contributed by atoms with Gasteiger partial charge in [0.15, 0.2) is 0 Å². The van der Waals surface area contributed by atoms with Gasteiger partial charge in [-0.2, -0.15) is 0 Å². The Morgan fingerprint density at radius 3 is 2.37 bits per heavy atom. The lowest BCUT2D eigenvalue weighted by molar-refractivity contribution is -0.142. The number of nitrogens with zero attached hydrogens (tertiary/aromatic N) is 3. The van der Waals surface area contributed by atoms with E-state index in [9.17, 15) is 14.4 Å². The van der Waals surface area contributed by atoms with Crippen LogP contribution in [0.15, 0.2) is 59.8 Å². The number of carbonyl (C=O) groups excluding carboxylic acids is 3. The molecule has 2 aliphatic rings. The highest BCUT2D eigenvalue weighted by atomic mass is 16.5. The Morgan fingerprint density at radius 1 is 0.947 bits per heavy atom. The SMILES string of the molecule is CCOC(=O)C1=C(C)N(CC(=O)N2CCN(c3ccccc3OCC)CC2)C(=O)CC1c1cccc(C)c1. The number of carbonyl (C=O) groups is 3. The number of para-hydroxylation sites is 2. The second-order valence-corrected chi connectivity index (χ2v) is 9.64. The molecule has 0 aliphatic carbocycles. The number of aryl methyl sites for hydroxylation is 1. The second kappa shape index (κ2) is 12.2. The molecular formula is C30H37N3O5. The Labute approximate surface area is 224 Å². The molecule has 0 bridgehead atoms. The van der Waals surface area contributed by atoms with E-state index in [1.807, 2.05) is 62.4 Å². The van der Waals surface area contributed by atoms with Crippen LogP contribution in [0.5, 0.6) is 5.75 Å². The number of rotatable bonds is 8. The van der Waals surface area contributed by atoms with E-state index in [4.69, 9.17) is 9.47 Å². The molecule has 2 aromatic carbocycles. The number of amides is 2. The third-order valence-electron chi connectivity index (χ3n) is 7.19. The lowest BCUT2D eigenvalue weighted by Gasteiger charge is -2.39. The van der Waals surface area contributed by atoms with Crippen LogP contribution < -0.4 is 9.64 Å². The van der Waals surface area contributed by atoms with Gasteiger partial charge in [0.25, 0.3) is 0 Å². The van der Waals surface area contributed by atoms with Crippen molar-refractivity contribution in [3.63, 3.8) is 0 Å². The number of ether oxygens (including phenoxy) is 2. The van der Waals surface area contributed by atoms with Crippen molar-refractivity contribution >= 4 is 23.5 Å². The molecule has 38 heavy (non-hydrogen) atoms. The van der Waals surface area contributed by atoms with Crippen LogP contribution in [0.3, 0.4) is 0 Å². The Bertz CT molecular complexity index is 1220. The van der Waals surface area contributed by atoms with E-state index >= 15 is 0 Å². The molecule has 0 saturated carbocycles. The molecule has 202 valence electrons. The van der Waals surface area contributed by atoms with Crippen LogP contribution in [0.4, 0.5) is 5.69 Å². The summed E-state index contributed by atoms with van der Waals surface area (Å²) < 4.78 is 11.1. The van der Waals surface area contributed by atoms with Gasteiger partial charge in [-0.25, -0.2) is 4.79 Å². The minimum atomic E-state index is -0.442. The van der Waals surface area contributed by atoms with E-state index in [0.29, 0.717) is 44.1 Å². The largest absolute Gasteiger partial charge is 0.492 e. The molecule has 1 unspecified atom stereocenters. The van der Waals surface area contributed by atoms with Crippen LogP contribution in [-0.4, -0.2) is 73.5 Å². The maximum Gasteiger partial charge on any atom is 0.336 e. The highest BCUT2D eigenvalue weighted by Gasteiger charge is 2.38. The summed E-state index contributed by atoms with van der Waals surface area (Å²) in [5, 5.41) is 0. The first-order chi connectivity index (χ1) is 18.3. The van der Waals surface area contributed by atoms with E-state index in [0.717, 1.165) is 22.6 Å². The molecule has 1 saturated heterocycles. The fraction of sp³-hybridized carbons (Fsp3) is 0.433. The van der Waals surface area contributed by atoms with Crippen molar-refractivity contribution in [1.82, 2.24) is 9.80 Å². The first-order valence-electron chi connectivity index (χ1n) is 13.3. The average molecular weight is 520 g/mol. The molecule has 2 heterocycles. The summed E-state index contributed by atoms with van der Waals surface area (Å²) in [5.74, 6) is -0.304. The normalized spacial score (nSPS) is 18.1. The van der Waals surface area contributed by atoms with Gasteiger partial charge in [-0.1, -0.05) is 42.0 Å². The monoisotopic (exact) mass is 519 g/mol. The average Bonchev–Trinajstić information content (AvgIpc) is 2.91. The third-order valence-corrected chi connectivity index (χ3v) is 7.19. The molecule has 0 radical (unpaired) electrons. The van der Waals surface area contributed by atoms with Gasteiger partial charge in [0, 0.05) is 44.2 Å². The Hall–Kier alpha value is -3.81. The van der Waals surface area contributed by atoms with Crippen LogP contribution in [0.2, 0.25) is 0 Å². The number of allylic oxidation sites excluding steroid dienone is 1. The van der Waals surface area contributed by atoms with E-state index in [-0.39, 0.29) is 31.4 Å². The minimum Gasteiger partial charge on any atom is -0.492 e. The Morgan fingerprint density at radius 2 is 1.68 bits per heavy atom. The molecule has 1 atom stereocenters. The van der Waals surface area contributed by atoms with Crippen molar-refractivity contribution in [1.29, 1.82) is 0 Å².